The van der Waals surface area contributed by atoms with Crippen LogP contribution in [0.15, 0.2) is 0 Å². The number of hydrogen-bond donors (Lipinski definition) is 1. The largest absolute Gasteiger partial charge is 0.313 e. The SMILES string of the molecule is CCCC(C)NCC(C)N1CCC(C(C)C)C1. The molecule has 0 aromatic heterocycles. The van der Waals surface area contributed by atoms with E-state index in [9.17, 15) is 0 Å². The van der Waals surface area contributed by atoms with E-state index in [1.165, 1.54) is 32.4 Å². The van der Waals surface area contributed by atoms with Gasteiger partial charge in [-0.25, -0.2) is 0 Å². The Morgan fingerprint density at radius 3 is 2.47 bits per heavy atom. The first kappa shape index (κ1) is 15.0. The van der Waals surface area contributed by atoms with E-state index in [4.69, 9.17) is 0 Å². The van der Waals surface area contributed by atoms with Gasteiger partial charge in [-0.15, -0.1) is 0 Å². The number of rotatable bonds is 7. The minimum absolute atomic E-state index is 0.672. The zero-order chi connectivity index (χ0) is 12.8. The highest BCUT2D eigenvalue weighted by Crippen LogP contribution is 2.24. The Morgan fingerprint density at radius 2 is 1.94 bits per heavy atom. The fourth-order valence-electron chi connectivity index (χ4n) is 2.80. The summed E-state index contributed by atoms with van der Waals surface area (Å²) in [5, 5.41) is 3.66. The Labute approximate surface area is 108 Å². The van der Waals surface area contributed by atoms with Gasteiger partial charge in [0.1, 0.15) is 0 Å². The number of likely N-dealkylation sites (tertiary alicyclic amines) is 1. The minimum Gasteiger partial charge on any atom is -0.313 e. The molecule has 1 heterocycles. The van der Waals surface area contributed by atoms with E-state index in [2.05, 4.69) is 44.8 Å². The molecule has 102 valence electrons. The van der Waals surface area contributed by atoms with E-state index >= 15 is 0 Å². The van der Waals surface area contributed by atoms with Crippen molar-refractivity contribution < 1.29 is 0 Å². The Morgan fingerprint density at radius 1 is 1.24 bits per heavy atom. The van der Waals surface area contributed by atoms with Crippen molar-refractivity contribution in [2.45, 2.75) is 66.0 Å². The van der Waals surface area contributed by atoms with Gasteiger partial charge in [0.05, 0.1) is 0 Å². The van der Waals surface area contributed by atoms with Crippen molar-refractivity contribution >= 4 is 0 Å². The summed E-state index contributed by atoms with van der Waals surface area (Å²) < 4.78 is 0. The van der Waals surface area contributed by atoms with Gasteiger partial charge in [0.15, 0.2) is 0 Å². The highest BCUT2D eigenvalue weighted by Gasteiger charge is 2.27. The smallest absolute Gasteiger partial charge is 0.0192 e. The maximum Gasteiger partial charge on any atom is 0.0192 e. The molecule has 0 saturated carbocycles. The van der Waals surface area contributed by atoms with Crippen LogP contribution in [0.2, 0.25) is 0 Å². The number of hydrogen-bond acceptors (Lipinski definition) is 2. The summed E-state index contributed by atoms with van der Waals surface area (Å²) in [6, 6.07) is 1.36. The fourth-order valence-corrected chi connectivity index (χ4v) is 2.80. The third-order valence-corrected chi connectivity index (χ3v) is 4.31. The lowest BCUT2D eigenvalue weighted by atomic mass is 9.95. The summed E-state index contributed by atoms with van der Waals surface area (Å²) in [4.78, 5) is 2.66. The second-order valence-electron chi connectivity index (χ2n) is 6.23. The van der Waals surface area contributed by atoms with Crippen molar-refractivity contribution in [2.75, 3.05) is 19.6 Å². The minimum atomic E-state index is 0.672. The molecule has 2 nitrogen and oxygen atoms in total. The van der Waals surface area contributed by atoms with E-state index in [0.29, 0.717) is 12.1 Å². The Bertz CT molecular complexity index is 203. The van der Waals surface area contributed by atoms with Crippen molar-refractivity contribution in [3.63, 3.8) is 0 Å². The summed E-state index contributed by atoms with van der Waals surface area (Å²) in [7, 11) is 0. The molecule has 1 rings (SSSR count). The summed E-state index contributed by atoms with van der Waals surface area (Å²) in [6.45, 7) is 15.4. The standard InChI is InChI=1S/C15H32N2/c1-6-7-13(4)16-10-14(5)17-9-8-15(11-17)12(2)3/h12-16H,6-11H2,1-5H3. The third kappa shape index (κ3) is 4.97. The van der Waals surface area contributed by atoms with Crippen molar-refractivity contribution in [3.05, 3.63) is 0 Å². The van der Waals surface area contributed by atoms with Gasteiger partial charge < -0.3 is 5.32 Å². The second kappa shape index (κ2) is 7.38. The molecular weight excluding hydrogens is 208 g/mol. The van der Waals surface area contributed by atoms with E-state index in [-0.39, 0.29) is 0 Å². The van der Waals surface area contributed by atoms with Crippen LogP contribution in [-0.2, 0) is 0 Å². The van der Waals surface area contributed by atoms with Gasteiger partial charge in [0.2, 0.25) is 0 Å². The molecule has 2 heteroatoms. The van der Waals surface area contributed by atoms with E-state index in [0.717, 1.165) is 18.4 Å². The molecule has 3 atom stereocenters. The average molecular weight is 240 g/mol. The molecule has 0 spiro atoms. The molecule has 17 heavy (non-hydrogen) atoms. The van der Waals surface area contributed by atoms with Crippen LogP contribution in [-0.4, -0.2) is 36.6 Å². The number of nitrogens with zero attached hydrogens (tertiary/aromatic N) is 1. The molecule has 1 N–H and O–H groups in total. The van der Waals surface area contributed by atoms with Crippen LogP contribution in [0.5, 0.6) is 0 Å². The molecule has 1 saturated heterocycles. The van der Waals surface area contributed by atoms with Crippen molar-refractivity contribution in [1.29, 1.82) is 0 Å². The molecule has 0 amide bonds. The normalized spacial score (nSPS) is 25.4. The van der Waals surface area contributed by atoms with Crippen LogP contribution < -0.4 is 5.32 Å². The molecule has 1 aliphatic heterocycles. The first-order valence-electron chi connectivity index (χ1n) is 7.52. The first-order valence-corrected chi connectivity index (χ1v) is 7.52. The van der Waals surface area contributed by atoms with Crippen LogP contribution in [0.3, 0.4) is 0 Å². The monoisotopic (exact) mass is 240 g/mol. The van der Waals surface area contributed by atoms with E-state index in [1.807, 2.05) is 0 Å². The fraction of sp³-hybridized carbons (Fsp3) is 1.00. The molecule has 0 aliphatic carbocycles. The van der Waals surface area contributed by atoms with Gasteiger partial charge in [-0.05, 0) is 45.1 Å². The molecule has 0 radical (unpaired) electrons. The molecule has 1 aliphatic rings. The van der Waals surface area contributed by atoms with Gasteiger partial charge in [0.25, 0.3) is 0 Å². The van der Waals surface area contributed by atoms with Crippen molar-refractivity contribution in [3.8, 4) is 0 Å². The van der Waals surface area contributed by atoms with Crippen LogP contribution in [0.4, 0.5) is 0 Å². The summed E-state index contributed by atoms with van der Waals surface area (Å²) in [6.07, 6.45) is 3.97. The Hall–Kier alpha value is -0.0800. The Balaban J connectivity index is 2.22. The number of nitrogens with one attached hydrogen (secondary N) is 1. The molecule has 0 bridgehead atoms. The molecule has 1 fully saturated rings. The first-order chi connectivity index (χ1) is 8.04. The zero-order valence-electron chi connectivity index (χ0n) is 12.5. The van der Waals surface area contributed by atoms with Crippen LogP contribution >= 0.6 is 0 Å². The predicted molar refractivity (Wildman–Crippen MR) is 76.4 cm³/mol. The lowest BCUT2D eigenvalue weighted by Crippen LogP contribution is -2.42. The van der Waals surface area contributed by atoms with Crippen LogP contribution in [0, 0.1) is 11.8 Å². The highest BCUT2D eigenvalue weighted by molar-refractivity contribution is 4.82. The van der Waals surface area contributed by atoms with E-state index < -0.39 is 0 Å². The highest BCUT2D eigenvalue weighted by atomic mass is 15.2. The topological polar surface area (TPSA) is 15.3 Å². The van der Waals surface area contributed by atoms with Gasteiger partial charge in [-0.1, -0.05) is 27.2 Å². The van der Waals surface area contributed by atoms with Gasteiger partial charge in [-0.3, -0.25) is 4.90 Å². The summed E-state index contributed by atoms with van der Waals surface area (Å²) in [5.41, 5.74) is 0. The maximum absolute atomic E-state index is 3.66. The molecular formula is C15H32N2. The van der Waals surface area contributed by atoms with E-state index in [1.54, 1.807) is 0 Å². The van der Waals surface area contributed by atoms with Gasteiger partial charge in [-0.2, -0.15) is 0 Å². The van der Waals surface area contributed by atoms with Gasteiger partial charge in [0, 0.05) is 25.2 Å². The summed E-state index contributed by atoms with van der Waals surface area (Å²) in [5.74, 6) is 1.77. The summed E-state index contributed by atoms with van der Waals surface area (Å²) >= 11 is 0. The molecule has 3 unspecified atom stereocenters. The van der Waals surface area contributed by atoms with Crippen molar-refractivity contribution in [2.24, 2.45) is 11.8 Å². The lowest BCUT2D eigenvalue weighted by Gasteiger charge is -2.26. The Kier molecular flexibility index (Phi) is 6.50. The molecule has 0 aromatic carbocycles. The lowest BCUT2D eigenvalue weighted by molar-refractivity contribution is 0.228. The van der Waals surface area contributed by atoms with Crippen molar-refractivity contribution in [1.82, 2.24) is 10.2 Å². The van der Waals surface area contributed by atoms with Crippen LogP contribution in [0.1, 0.15) is 53.9 Å². The third-order valence-electron chi connectivity index (χ3n) is 4.31. The zero-order valence-corrected chi connectivity index (χ0v) is 12.5. The quantitative estimate of drug-likeness (QED) is 0.735. The molecule has 0 aromatic rings. The second-order valence-corrected chi connectivity index (χ2v) is 6.23. The van der Waals surface area contributed by atoms with Gasteiger partial charge >= 0.3 is 0 Å². The average Bonchev–Trinajstić information content (AvgIpc) is 2.75. The predicted octanol–water partition coefficient (Wildman–Crippen LogP) is 3.13. The maximum atomic E-state index is 3.66. The van der Waals surface area contributed by atoms with Crippen LogP contribution in [0.25, 0.3) is 0 Å².